The van der Waals surface area contributed by atoms with Crippen LogP contribution < -0.4 is 0 Å². The Kier molecular flexibility index (Phi) is 3.28. The van der Waals surface area contributed by atoms with Crippen molar-refractivity contribution in [2.24, 2.45) is 11.3 Å². The Labute approximate surface area is 125 Å². The molecule has 1 saturated heterocycles. The highest BCUT2D eigenvalue weighted by Crippen LogP contribution is 2.49. The van der Waals surface area contributed by atoms with Crippen LogP contribution in [0.4, 0.5) is 0 Å². The Balaban J connectivity index is 1.84. The molecule has 0 radical (unpaired) electrons. The second kappa shape index (κ2) is 4.84. The number of hydrogen-bond donors (Lipinski definition) is 1. The van der Waals surface area contributed by atoms with Gasteiger partial charge in [0.05, 0.1) is 11.0 Å². The minimum absolute atomic E-state index is 0.0871. The fraction of sp³-hybridized carbons (Fsp3) is 0.500. The van der Waals surface area contributed by atoms with Gasteiger partial charge in [0.15, 0.2) is 0 Å². The first kappa shape index (κ1) is 13.5. The molecule has 2 atom stereocenters. The van der Waals surface area contributed by atoms with E-state index in [9.17, 15) is 14.7 Å². The largest absolute Gasteiger partial charge is 0.481 e. The molecule has 2 aliphatic rings. The average Bonchev–Trinajstić information content (AvgIpc) is 2.95. The lowest BCUT2D eigenvalue weighted by Crippen LogP contribution is -2.37. The number of halogens is 1. The van der Waals surface area contributed by atoms with Crippen LogP contribution in [-0.2, 0) is 4.79 Å². The summed E-state index contributed by atoms with van der Waals surface area (Å²) in [6, 6.07) is 1.72. The van der Waals surface area contributed by atoms with E-state index in [2.05, 4.69) is 20.9 Å². The number of hydrogen-bond acceptors (Lipinski definition) is 3. The van der Waals surface area contributed by atoms with Gasteiger partial charge in [-0.25, -0.2) is 0 Å². The van der Waals surface area contributed by atoms with Crippen LogP contribution >= 0.6 is 15.9 Å². The zero-order valence-corrected chi connectivity index (χ0v) is 12.5. The van der Waals surface area contributed by atoms with Crippen molar-refractivity contribution in [1.29, 1.82) is 0 Å². The molecule has 1 N–H and O–H groups in total. The quantitative estimate of drug-likeness (QED) is 0.897. The van der Waals surface area contributed by atoms with Gasteiger partial charge >= 0.3 is 5.97 Å². The normalized spacial score (nSPS) is 28.4. The van der Waals surface area contributed by atoms with Crippen LogP contribution in [0, 0.1) is 11.3 Å². The first-order valence-electron chi connectivity index (χ1n) is 6.66. The molecular weight excluding hydrogens is 324 g/mol. The van der Waals surface area contributed by atoms with Crippen molar-refractivity contribution in [1.82, 2.24) is 9.88 Å². The van der Waals surface area contributed by atoms with Crippen molar-refractivity contribution >= 4 is 27.8 Å². The maximum Gasteiger partial charge on any atom is 0.311 e. The molecule has 2 fully saturated rings. The molecule has 1 aromatic rings. The average molecular weight is 339 g/mol. The van der Waals surface area contributed by atoms with E-state index in [4.69, 9.17) is 0 Å². The molecule has 0 unspecified atom stereocenters. The Hall–Kier alpha value is -1.43. The zero-order valence-electron chi connectivity index (χ0n) is 10.9. The minimum Gasteiger partial charge on any atom is -0.481 e. The molecule has 2 heterocycles. The third-order valence-corrected chi connectivity index (χ3v) is 4.97. The second-order valence-electron chi connectivity index (χ2n) is 5.63. The molecular formula is C14H15BrN2O3. The van der Waals surface area contributed by atoms with Gasteiger partial charge in [0, 0.05) is 30.0 Å². The van der Waals surface area contributed by atoms with Gasteiger partial charge in [-0.15, -0.1) is 0 Å². The van der Waals surface area contributed by atoms with E-state index in [1.54, 1.807) is 17.2 Å². The summed E-state index contributed by atoms with van der Waals surface area (Å²) >= 11 is 3.29. The van der Waals surface area contributed by atoms with Crippen molar-refractivity contribution < 1.29 is 14.7 Å². The highest BCUT2D eigenvalue weighted by molar-refractivity contribution is 9.10. The first-order chi connectivity index (χ1) is 9.53. The molecule has 0 spiro atoms. The van der Waals surface area contributed by atoms with Crippen LogP contribution in [-0.4, -0.2) is 40.0 Å². The number of amides is 1. The number of rotatable bonds is 2. The third kappa shape index (κ3) is 2.02. The van der Waals surface area contributed by atoms with Crippen LogP contribution in [0.15, 0.2) is 22.9 Å². The topological polar surface area (TPSA) is 70.5 Å². The minimum atomic E-state index is -0.761. The molecule has 6 heteroatoms. The maximum absolute atomic E-state index is 12.5. The van der Waals surface area contributed by atoms with E-state index >= 15 is 0 Å². The van der Waals surface area contributed by atoms with Gasteiger partial charge in [-0.3, -0.25) is 14.6 Å². The number of carbonyl (C=O) groups excluding carboxylic acids is 1. The van der Waals surface area contributed by atoms with Crippen LogP contribution in [0.25, 0.3) is 0 Å². The van der Waals surface area contributed by atoms with Crippen molar-refractivity contribution in [3.05, 3.63) is 28.5 Å². The van der Waals surface area contributed by atoms with E-state index < -0.39 is 11.4 Å². The van der Waals surface area contributed by atoms with E-state index in [-0.39, 0.29) is 11.8 Å². The summed E-state index contributed by atoms with van der Waals surface area (Å²) in [5.74, 6) is -0.805. The number of aliphatic carboxylic acids is 1. The summed E-state index contributed by atoms with van der Waals surface area (Å²) in [5, 5.41) is 9.53. The summed E-state index contributed by atoms with van der Waals surface area (Å²) in [6.45, 7) is 0.857. The van der Waals surface area contributed by atoms with Crippen LogP contribution in [0.1, 0.15) is 29.6 Å². The predicted molar refractivity (Wildman–Crippen MR) is 75.3 cm³/mol. The third-order valence-electron chi connectivity index (χ3n) is 4.54. The van der Waals surface area contributed by atoms with Crippen molar-refractivity contribution in [3.63, 3.8) is 0 Å². The number of carboxylic acids is 1. The highest BCUT2D eigenvalue weighted by Gasteiger charge is 2.55. The molecule has 20 heavy (non-hydrogen) atoms. The number of nitrogens with zero attached hydrogens (tertiary/aromatic N) is 2. The zero-order chi connectivity index (χ0) is 14.3. The number of fused-ring (bicyclic) bond motifs is 1. The molecule has 5 nitrogen and oxygen atoms in total. The Morgan fingerprint density at radius 2 is 2.25 bits per heavy atom. The van der Waals surface area contributed by atoms with E-state index in [1.165, 1.54) is 6.20 Å². The smallest absolute Gasteiger partial charge is 0.311 e. The Morgan fingerprint density at radius 3 is 2.90 bits per heavy atom. The molecule has 3 rings (SSSR count). The highest BCUT2D eigenvalue weighted by atomic mass is 79.9. The van der Waals surface area contributed by atoms with Gasteiger partial charge in [-0.05, 0) is 40.8 Å². The lowest BCUT2D eigenvalue weighted by Gasteiger charge is -2.23. The van der Waals surface area contributed by atoms with Gasteiger partial charge < -0.3 is 10.0 Å². The lowest BCUT2D eigenvalue weighted by molar-refractivity contribution is -0.149. The SMILES string of the molecule is O=C(c1cncc(Br)c1)N1C[C@@H]2CCC[C@@]2(C(=O)O)C1. The lowest BCUT2D eigenvalue weighted by atomic mass is 9.81. The summed E-state index contributed by atoms with van der Waals surface area (Å²) in [5.41, 5.74) is -0.227. The Bertz CT molecular complexity index is 577. The van der Waals surface area contributed by atoms with Crippen LogP contribution in [0.3, 0.4) is 0 Å². The van der Waals surface area contributed by atoms with Crippen molar-refractivity contribution in [3.8, 4) is 0 Å². The summed E-state index contributed by atoms with van der Waals surface area (Å²) < 4.78 is 0.746. The van der Waals surface area contributed by atoms with Gasteiger partial charge in [-0.1, -0.05) is 6.42 Å². The molecule has 1 saturated carbocycles. The number of carboxylic acid groups (broad SMARTS) is 1. The maximum atomic E-state index is 12.5. The molecule has 106 valence electrons. The summed E-state index contributed by atoms with van der Waals surface area (Å²) in [6.07, 6.45) is 5.65. The molecule has 1 aliphatic heterocycles. The molecule has 1 aliphatic carbocycles. The number of likely N-dealkylation sites (tertiary alicyclic amines) is 1. The number of carbonyl (C=O) groups is 2. The standard InChI is InChI=1S/C14H15BrN2O3/c15-11-4-9(5-16-6-11)12(18)17-7-10-2-1-3-14(10,8-17)13(19)20/h4-6,10H,1-3,7-8H2,(H,19,20)/t10-,14+/m0/s1. The van der Waals surface area contributed by atoms with E-state index in [0.717, 1.165) is 17.3 Å². The predicted octanol–water partition coefficient (Wildman–Crippen LogP) is 2.17. The summed E-state index contributed by atoms with van der Waals surface area (Å²) in [4.78, 5) is 29.7. The van der Waals surface area contributed by atoms with Crippen LogP contribution in [0.2, 0.25) is 0 Å². The Morgan fingerprint density at radius 1 is 1.45 bits per heavy atom. The second-order valence-corrected chi connectivity index (χ2v) is 6.54. The number of pyridine rings is 1. The molecule has 1 amide bonds. The monoisotopic (exact) mass is 338 g/mol. The van der Waals surface area contributed by atoms with Crippen molar-refractivity contribution in [2.75, 3.05) is 13.1 Å². The summed E-state index contributed by atoms with van der Waals surface area (Å²) in [7, 11) is 0. The van der Waals surface area contributed by atoms with Gasteiger partial charge in [-0.2, -0.15) is 0 Å². The van der Waals surface area contributed by atoms with E-state index in [0.29, 0.717) is 25.1 Å². The van der Waals surface area contributed by atoms with Crippen LogP contribution in [0.5, 0.6) is 0 Å². The molecule has 0 aromatic carbocycles. The van der Waals surface area contributed by atoms with Gasteiger partial charge in [0.2, 0.25) is 0 Å². The van der Waals surface area contributed by atoms with E-state index in [1.807, 2.05) is 0 Å². The van der Waals surface area contributed by atoms with Crippen molar-refractivity contribution in [2.45, 2.75) is 19.3 Å². The fourth-order valence-corrected chi connectivity index (χ4v) is 3.87. The molecule has 1 aromatic heterocycles. The number of aromatic nitrogens is 1. The van der Waals surface area contributed by atoms with Gasteiger partial charge in [0.1, 0.15) is 0 Å². The van der Waals surface area contributed by atoms with Gasteiger partial charge in [0.25, 0.3) is 5.91 Å². The first-order valence-corrected chi connectivity index (χ1v) is 7.45. The fourth-order valence-electron chi connectivity index (χ4n) is 3.50. The molecule has 0 bridgehead atoms.